The van der Waals surface area contributed by atoms with E-state index in [9.17, 15) is 8.42 Å². The standard InChI is InChI=1S/C18H36N4O2S/c1-5-19-18(21-16-10-8-15(9-11-16)14(2)3)20-13-17-7-6-12-22(17)25(4,23)24/h14-17H,5-13H2,1-4H3,(H2,19,20,21)/t15?,16?,17-/m1/s1. The van der Waals surface area contributed by atoms with Crippen molar-refractivity contribution in [2.75, 3.05) is 25.9 Å². The van der Waals surface area contributed by atoms with Crippen molar-refractivity contribution < 1.29 is 8.42 Å². The molecular weight excluding hydrogens is 336 g/mol. The molecule has 0 aromatic heterocycles. The van der Waals surface area contributed by atoms with E-state index < -0.39 is 10.0 Å². The number of guanidine groups is 1. The Labute approximate surface area is 153 Å². The maximum atomic E-state index is 11.9. The van der Waals surface area contributed by atoms with Gasteiger partial charge in [-0.15, -0.1) is 0 Å². The van der Waals surface area contributed by atoms with E-state index in [1.165, 1.54) is 31.9 Å². The molecule has 1 aliphatic carbocycles. The molecule has 0 aromatic rings. The minimum Gasteiger partial charge on any atom is -0.357 e. The van der Waals surface area contributed by atoms with E-state index in [2.05, 4.69) is 31.4 Å². The zero-order valence-electron chi connectivity index (χ0n) is 16.3. The molecule has 7 heteroatoms. The van der Waals surface area contributed by atoms with Crippen LogP contribution in [-0.4, -0.2) is 56.7 Å². The summed E-state index contributed by atoms with van der Waals surface area (Å²) in [6.45, 7) is 8.67. The Balaban J connectivity index is 1.90. The molecule has 0 unspecified atom stereocenters. The van der Waals surface area contributed by atoms with Gasteiger partial charge in [0.15, 0.2) is 5.96 Å². The fourth-order valence-corrected chi connectivity index (χ4v) is 5.24. The lowest BCUT2D eigenvalue weighted by atomic mass is 9.80. The van der Waals surface area contributed by atoms with Crippen LogP contribution in [0.2, 0.25) is 0 Å². The first-order valence-corrected chi connectivity index (χ1v) is 11.7. The zero-order valence-corrected chi connectivity index (χ0v) is 17.1. The summed E-state index contributed by atoms with van der Waals surface area (Å²) in [5.74, 6) is 2.45. The van der Waals surface area contributed by atoms with Crippen molar-refractivity contribution in [2.24, 2.45) is 16.8 Å². The van der Waals surface area contributed by atoms with Crippen molar-refractivity contribution in [1.29, 1.82) is 0 Å². The normalized spacial score (nSPS) is 29.2. The Hall–Kier alpha value is -0.820. The third-order valence-corrected chi connectivity index (χ3v) is 6.94. The van der Waals surface area contributed by atoms with Crippen molar-refractivity contribution in [3.63, 3.8) is 0 Å². The average molecular weight is 373 g/mol. The Morgan fingerprint density at radius 2 is 1.88 bits per heavy atom. The second-order valence-electron chi connectivity index (χ2n) is 7.89. The third kappa shape index (κ3) is 6.13. The first-order valence-electron chi connectivity index (χ1n) is 9.83. The van der Waals surface area contributed by atoms with Crippen LogP contribution in [0.5, 0.6) is 0 Å². The maximum Gasteiger partial charge on any atom is 0.211 e. The number of nitrogens with one attached hydrogen (secondary N) is 2. The summed E-state index contributed by atoms with van der Waals surface area (Å²) in [7, 11) is -3.13. The summed E-state index contributed by atoms with van der Waals surface area (Å²) >= 11 is 0. The van der Waals surface area contributed by atoms with Gasteiger partial charge in [-0.2, -0.15) is 4.31 Å². The van der Waals surface area contributed by atoms with E-state index >= 15 is 0 Å². The second-order valence-corrected chi connectivity index (χ2v) is 9.82. The van der Waals surface area contributed by atoms with Crippen LogP contribution in [0, 0.1) is 11.8 Å². The van der Waals surface area contributed by atoms with Crippen LogP contribution in [-0.2, 0) is 10.0 Å². The Morgan fingerprint density at radius 1 is 1.20 bits per heavy atom. The number of aliphatic imine (C=N–C) groups is 1. The third-order valence-electron chi connectivity index (χ3n) is 5.61. The van der Waals surface area contributed by atoms with Crippen LogP contribution < -0.4 is 10.6 Å². The molecule has 0 aromatic carbocycles. The van der Waals surface area contributed by atoms with E-state index in [0.29, 0.717) is 19.1 Å². The molecule has 6 nitrogen and oxygen atoms in total. The largest absolute Gasteiger partial charge is 0.357 e. The van der Waals surface area contributed by atoms with Crippen molar-refractivity contribution in [1.82, 2.24) is 14.9 Å². The summed E-state index contributed by atoms with van der Waals surface area (Å²) in [6.07, 6.45) is 8.05. The summed E-state index contributed by atoms with van der Waals surface area (Å²) < 4.78 is 25.3. The Morgan fingerprint density at radius 3 is 2.44 bits per heavy atom. The van der Waals surface area contributed by atoms with Gasteiger partial charge in [0.05, 0.1) is 12.8 Å². The predicted octanol–water partition coefficient (Wildman–Crippen LogP) is 2.18. The number of sulfonamides is 1. The molecule has 0 spiro atoms. The van der Waals surface area contributed by atoms with Crippen molar-refractivity contribution in [3.8, 4) is 0 Å². The molecule has 2 aliphatic rings. The van der Waals surface area contributed by atoms with Crippen molar-refractivity contribution in [3.05, 3.63) is 0 Å². The second kappa shape index (κ2) is 9.21. The molecule has 146 valence electrons. The fraction of sp³-hybridized carbons (Fsp3) is 0.944. The van der Waals surface area contributed by atoms with Gasteiger partial charge in [0.25, 0.3) is 0 Å². The summed E-state index contributed by atoms with van der Waals surface area (Å²) in [5.41, 5.74) is 0. The van der Waals surface area contributed by atoms with Gasteiger partial charge in [-0.25, -0.2) is 8.42 Å². The molecule has 1 heterocycles. The van der Waals surface area contributed by atoms with Gasteiger partial charge < -0.3 is 10.6 Å². The predicted molar refractivity (Wildman–Crippen MR) is 104 cm³/mol. The lowest BCUT2D eigenvalue weighted by Crippen LogP contribution is -2.46. The lowest BCUT2D eigenvalue weighted by Gasteiger charge is -2.32. The summed E-state index contributed by atoms with van der Waals surface area (Å²) in [4.78, 5) is 4.70. The number of rotatable bonds is 6. The highest BCUT2D eigenvalue weighted by atomic mass is 32.2. The van der Waals surface area contributed by atoms with Crippen LogP contribution in [0.15, 0.2) is 4.99 Å². The zero-order chi connectivity index (χ0) is 18.4. The van der Waals surface area contributed by atoms with E-state index in [-0.39, 0.29) is 6.04 Å². The highest BCUT2D eigenvalue weighted by molar-refractivity contribution is 7.88. The minimum absolute atomic E-state index is 0.00198. The van der Waals surface area contributed by atoms with Gasteiger partial charge in [-0.1, -0.05) is 13.8 Å². The number of hydrogen-bond donors (Lipinski definition) is 2. The van der Waals surface area contributed by atoms with Gasteiger partial charge in [-0.05, 0) is 57.3 Å². The van der Waals surface area contributed by atoms with Gasteiger partial charge >= 0.3 is 0 Å². The van der Waals surface area contributed by atoms with Gasteiger partial charge in [0.1, 0.15) is 0 Å². The molecule has 0 radical (unpaired) electrons. The first kappa shape index (κ1) is 20.5. The van der Waals surface area contributed by atoms with E-state index in [0.717, 1.165) is 37.2 Å². The molecule has 1 saturated heterocycles. The number of hydrogen-bond acceptors (Lipinski definition) is 3. The molecule has 1 atom stereocenters. The Bertz CT molecular complexity index is 539. The topological polar surface area (TPSA) is 73.8 Å². The highest BCUT2D eigenvalue weighted by Gasteiger charge is 2.31. The average Bonchev–Trinajstić information content (AvgIpc) is 3.02. The quantitative estimate of drug-likeness (QED) is 0.554. The smallest absolute Gasteiger partial charge is 0.211 e. The van der Waals surface area contributed by atoms with E-state index in [1.54, 1.807) is 4.31 Å². The molecular formula is C18H36N4O2S. The maximum absolute atomic E-state index is 11.9. The molecule has 1 aliphatic heterocycles. The number of nitrogens with zero attached hydrogens (tertiary/aromatic N) is 2. The Kier molecular flexibility index (Phi) is 7.55. The van der Waals surface area contributed by atoms with Crippen LogP contribution in [0.3, 0.4) is 0 Å². The minimum atomic E-state index is -3.13. The SMILES string of the molecule is CCNC(=NC[C@H]1CCCN1S(C)(=O)=O)NC1CCC(C(C)C)CC1. The molecule has 25 heavy (non-hydrogen) atoms. The molecule has 1 saturated carbocycles. The van der Waals surface area contributed by atoms with Crippen molar-refractivity contribution >= 4 is 16.0 Å². The van der Waals surface area contributed by atoms with Gasteiger partial charge in [0.2, 0.25) is 10.0 Å². The van der Waals surface area contributed by atoms with Gasteiger partial charge in [0, 0.05) is 25.2 Å². The monoisotopic (exact) mass is 372 g/mol. The van der Waals surface area contributed by atoms with E-state index in [4.69, 9.17) is 4.99 Å². The van der Waals surface area contributed by atoms with Crippen LogP contribution >= 0.6 is 0 Å². The summed E-state index contributed by atoms with van der Waals surface area (Å²) in [6, 6.07) is 0.476. The molecule has 2 rings (SSSR count). The molecule has 2 fully saturated rings. The lowest BCUT2D eigenvalue weighted by molar-refractivity contribution is 0.250. The van der Waals surface area contributed by atoms with E-state index in [1.807, 2.05) is 0 Å². The molecule has 2 N–H and O–H groups in total. The highest BCUT2D eigenvalue weighted by Crippen LogP contribution is 2.29. The van der Waals surface area contributed by atoms with Crippen LogP contribution in [0.1, 0.15) is 59.3 Å². The van der Waals surface area contributed by atoms with Gasteiger partial charge in [-0.3, -0.25) is 4.99 Å². The van der Waals surface area contributed by atoms with Crippen LogP contribution in [0.4, 0.5) is 0 Å². The molecule has 0 amide bonds. The summed E-state index contributed by atoms with van der Waals surface area (Å²) in [5, 5.41) is 6.88. The van der Waals surface area contributed by atoms with Crippen LogP contribution in [0.25, 0.3) is 0 Å². The van der Waals surface area contributed by atoms with Crippen molar-refractivity contribution in [2.45, 2.75) is 71.4 Å². The molecule has 0 bridgehead atoms. The first-order chi connectivity index (χ1) is 11.8. The fourth-order valence-electron chi connectivity index (χ4n) is 4.07.